The zero-order valence-corrected chi connectivity index (χ0v) is 18.4. The smallest absolute Gasteiger partial charge is 0.232 e. The van der Waals surface area contributed by atoms with E-state index in [0.29, 0.717) is 51.5 Å². The van der Waals surface area contributed by atoms with Crippen molar-refractivity contribution in [3.05, 3.63) is 0 Å². The minimum absolute atomic E-state index is 0.342. The fraction of sp³-hybridized carbons (Fsp3) is 0.875. The number of nitrogens with one attached hydrogen (secondary N) is 2. The lowest BCUT2D eigenvalue weighted by molar-refractivity contribution is -0.134. The molecule has 0 saturated heterocycles. The SMILES string of the molecule is CCOP(C)(=O)CCCNC(=O)C(C)C(=O)NCCCP(C)(=O)OCC. The van der Waals surface area contributed by atoms with Gasteiger partial charge >= 0.3 is 0 Å². The normalized spacial score (nSPS) is 17.0. The average molecular weight is 412 g/mol. The van der Waals surface area contributed by atoms with E-state index in [2.05, 4.69) is 10.6 Å². The number of carbonyl (C=O) groups excluding carboxylic acids is 2. The van der Waals surface area contributed by atoms with Crippen LogP contribution in [0.3, 0.4) is 0 Å². The third-order valence-electron chi connectivity index (χ3n) is 3.67. The maximum Gasteiger partial charge on any atom is 0.232 e. The van der Waals surface area contributed by atoms with Crippen molar-refractivity contribution in [2.45, 2.75) is 33.6 Å². The highest BCUT2D eigenvalue weighted by molar-refractivity contribution is 7.58. The van der Waals surface area contributed by atoms with Gasteiger partial charge in [-0.1, -0.05) is 0 Å². The number of hydrogen-bond donors (Lipinski definition) is 2. The van der Waals surface area contributed by atoms with Crippen LogP contribution >= 0.6 is 14.7 Å². The van der Waals surface area contributed by atoms with E-state index in [1.165, 1.54) is 6.92 Å². The molecule has 2 amide bonds. The summed E-state index contributed by atoms with van der Waals surface area (Å²) in [7, 11) is -5.19. The van der Waals surface area contributed by atoms with Crippen LogP contribution in [-0.4, -0.2) is 63.8 Å². The summed E-state index contributed by atoms with van der Waals surface area (Å²) in [6.45, 7) is 9.74. The molecule has 0 aliphatic heterocycles. The van der Waals surface area contributed by atoms with Gasteiger partial charge in [0.2, 0.25) is 11.8 Å². The monoisotopic (exact) mass is 412 g/mol. The van der Waals surface area contributed by atoms with Crippen LogP contribution in [0.5, 0.6) is 0 Å². The molecule has 0 heterocycles. The van der Waals surface area contributed by atoms with Gasteiger partial charge in [-0.05, 0) is 33.6 Å². The molecule has 0 aromatic heterocycles. The molecule has 0 bridgehead atoms. The van der Waals surface area contributed by atoms with Crippen molar-refractivity contribution >= 4 is 26.6 Å². The first-order valence-electron chi connectivity index (χ1n) is 9.02. The van der Waals surface area contributed by atoms with Crippen molar-refractivity contribution < 1.29 is 27.8 Å². The van der Waals surface area contributed by atoms with Gasteiger partial charge in [0, 0.05) is 38.7 Å². The number of amides is 2. The molecule has 0 aromatic carbocycles. The Morgan fingerprint density at radius 1 is 0.846 bits per heavy atom. The second kappa shape index (κ2) is 12.7. The lowest BCUT2D eigenvalue weighted by atomic mass is 10.1. The Morgan fingerprint density at radius 3 is 1.50 bits per heavy atom. The summed E-state index contributed by atoms with van der Waals surface area (Å²) in [6.07, 6.45) is 1.82. The van der Waals surface area contributed by atoms with Crippen LogP contribution in [0.4, 0.5) is 0 Å². The van der Waals surface area contributed by atoms with Crippen molar-refractivity contribution in [2.75, 3.05) is 52.0 Å². The van der Waals surface area contributed by atoms with Gasteiger partial charge < -0.3 is 19.7 Å². The molecule has 10 heteroatoms. The average Bonchev–Trinajstić information content (AvgIpc) is 2.54. The largest absolute Gasteiger partial charge is 0.355 e. The van der Waals surface area contributed by atoms with E-state index in [1.54, 1.807) is 27.2 Å². The molecule has 2 N–H and O–H groups in total. The highest BCUT2D eigenvalue weighted by Crippen LogP contribution is 2.43. The Balaban J connectivity index is 4.03. The number of rotatable bonds is 14. The predicted molar refractivity (Wildman–Crippen MR) is 104 cm³/mol. The molecule has 0 aliphatic rings. The van der Waals surface area contributed by atoms with E-state index in [4.69, 9.17) is 9.05 Å². The van der Waals surface area contributed by atoms with E-state index in [0.717, 1.165) is 0 Å². The first-order chi connectivity index (χ1) is 12.0. The van der Waals surface area contributed by atoms with Crippen molar-refractivity contribution in [1.29, 1.82) is 0 Å². The van der Waals surface area contributed by atoms with Crippen molar-refractivity contribution in [1.82, 2.24) is 10.6 Å². The van der Waals surface area contributed by atoms with Crippen LogP contribution in [0.25, 0.3) is 0 Å². The maximum atomic E-state index is 12.0. The first kappa shape index (κ1) is 25.3. The lowest BCUT2D eigenvalue weighted by Gasteiger charge is -2.15. The molecule has 0 spiro atoms. The molecule has 0 aliphatic carbocycles. The highest BCUT2D eigenvalue weighted by Gasteiger charge is 2.22. The van der Waals surface area contributed by atoms with Crippen LogP contribution in [0.2, 0.25) is 0 Å². The predicted octanol–water partition coefficient (Wildman–Crippen LogP) is 2.52. The zero-order valence-electron chi connectivity index (χ0n) is 16.6. The maximum absolute atomic E-state index is 12.0. The van der Waals surface area contributed by atoms with Crippen molar-refractivity contribution in [3.8, 4) is 0 Å². The minimum Gasteiger partial charge on any atom is -0.355 e. The molecule has 0 rings (SSSR count). The summed E-state index contributed by atoms with van der Waals surface area (Å²) >= 11 is 0. The van der Waals surface area contributed by atoms with Crippen LogP contribution in [0.15, 0.2) is 0 Å². The molecule has 2 unspecified atom stereocenters. The van der Waals surface area contributed by atoms with Gasteiger partial charge in [0.25, 0.3) is 0 Å². The van der Waals surface area contributed by atoms with E-state index in [1.807, 2.05) is 0 Å². The van der Waals surface area contributed by atoms with E-state index < -0.39 is 20.7 Å². The number of hydrogen-bond acceptors (Lipinski definition) is 6. The number of carbonyl (C=O) groups is 2. The van der Waals surface area contributed by atoms with Gasteiger partial charge in [0.1, 0.15) is 5.92 Å². The topological polar surface area (TPSA) is 111 Å². The Hall–Kier alpha value is -0.680. The second-order valence-corrected chi connectivity index (χ2v) is 11.8. The summed E-state index contributed by atoms with van der Waals surface area (Å²) in [5.41, 5.74) is 0. The summed E-state index contributed by atoms with van der Waals surface area (Å²) < 4.78 is 34.2. The van der Waals surface area contributed by atoms with Crippen molar-refractivity contribution in [2.24, 2.45) is 5.92 Å². The standard InChI is InChI=1S/C16H34N2O6P2/c1-6-23-25(4,21)12-8-10-17-15(19)14(3)16(20)18-11-9-13-26(5,22)24-7-2/h14H,6-13H2,1-5H3,(H,17,19)(H,18,20). The van der Waals surface area contributed by atoms with Crippen LogP contribution in [0.1, 0.15) is 33.6 Å². The minimum atomic E-state index is -2.60. The summed E-state index contributed by atoms with van der Waals surface area (Å²) in [5.74, 6) is -1.57. The molecular formula is C16H34N2O6P2. The molecule has 0 fully saturated rings. The molecule has 2 atom stereocenters. The van der Waals surface area contributed by atoms with Crippen LogP contribution in [0, 0.1) is 5.92 Å². The molecule has 8 nitrogen and oxygen atoms in total. The van der Waals surface area contributed by atoms with Crippen molar-refractivity contribution in [3.63, 3.8) is 0 Å². The molecule has 0 saturated carbocycles. The lowest BCUT2D eigenvalue weighted by Crippen LogP contribution is -2.40. The van der Waals surface area contributed by atoms with E-state index in [9.17, 15) is 18.7 Å². The second-order valence-electron chi connectivity index (χ2n) is 6.32. The third-order valence-corrected chi connectivity index (χ3v) is 7.54. The third kappa shape index (κ3) is 11.8. The van der Waals surface area contributed by atoms with Gasteiger partial charge in [0.15, 0.2) is 14.7 Å². The van der Waals surface area contributed by atoms with Gasteiger partial charge in [-0.15, -0.1) is 0 Å². The summed E-state index contributed by atoms with van der Waals surface area (Å²) in [6, 6.07) is 0. The van der Waals surface area contributed by atoms with Gasteiger partial charge in [-0.2, -0.15) is 0 Å². The van der Waals surface area contributed by atoms with Crippen LogP contribution in [-0.2, 0) is 27.8 Å². The fourth-order valence-corrected chi connectivity index (χ4v) is 5.07. The van der Waals surface area contributed by atoms with E-state index in [-0.39, 0.29) is 11.8 Å². The molecule has 26 heavy (non-hydrogen) atoms. The summed E-state index contributed by atoms with van der Waals surface area (Å²) in [5, 5.41) is 5.34. The Bertz CT molecular complexity index is 495. The zero-order chi connectivity index (χ0) is 20.2. The quantitative estimate of drug-likeness (QED) is 0.258. The summed E-state index contributed by atoms with van der Waals surface area (Å²) in [4.78, 5) is 24.0. The first-order valence-corrected chi connectivity index (χ1v) is 13.5. The highest BCUT2D eigenvalue weighted by atomic mass is 31.2. The molecule has 154 valence electrons. The van der Waals surface area contributed by atoms with Gasteiger partial charge in [0.05, 0.1) is 13.2 Å². The Morgan fingerprint density at radius 2 is 1.19 bits per heavy atom. The van der Waals surface area contributed by atoms with Crippen LogP contribution < -0.4 is 10.6 Å². The van der Waals surface area contributed by atoms with Gasteiger partial charge in [-0.3, -0.25) is 18.7 Å². The molecule has 0 radical (unpaired) electrons. The molecule has 0 aromatic rings. The molecular weight excluding hydrogens is 378 g/mol. The van der Waals surface area contributed by atoms with E-state index >= 15 is 0 Å². The Kier molecular flexibility index (Phi) is 12.3. The fourth-order valence-electron chi connectivity index (χ4n) is 2.26. The Labute approximate surface area is 157 Å². The van der Waals surface area contributed by atoms with Gasteiger partial charge in [-0.25, -0.2) is 0 Å².